The summed E-state index contributed by atoms with van der Waals surface area (Å²) in [6, 6.07) is 0. The quantitative estimate of drug-likeness (QED) is 0.708. The second-order valence-corrected chi connectivity index (χ2v) is 7.78. The van der Waals surface area contributed by atoms with Crippen LogP contribution in [-0.2, 0) is 4.57 Å². The lowest BCUT2D eigenvalue weighted by molar-refractivity contribution is 0.244. The molecular formula is C12H28N5OP. The SMILES string of the molecule is CCN(CC)P(=O)(N1CCNCC1)N1CCNCC1. The summed E-state index contributed by atoms with van der Waals surface area (Å²) in [5, 5.41) is 6.71. The fourth-order valence-corrected chi connectivity index (χ4v) is 6.21. The third kappa shape index (κ3) is 3.20. The second-order valence-electron chi connectivity index (χ2n) is 5.06. The third-order valence-electron chi connectivity index (χ3n) is 4.02. The highest BCUT2D eigenvalue weighted by Gasteiger charge is 2.42. The van der Waals surface area contributed by atoms with Crippen molar-refractivity contribution in [3.05, 3.63) is 0 Å². The van der Waals surface area contributed by atoms with Gasteiger partial charge in [-0.25, -0.2) is 14.0 Å². The summed E-state index contributed by atoms with van der Waals surface area (Å²) in [5.41, 5.74) is 0. The molecule has 19 heavy (non-hydrogen) atoms. The topological polar surface area (TPSA) is 50.9 Å². The summed E-state index contributed by atoms with van der Waals surface area (Å²) in [7, 11) is -2.56. The van der Waals surface area contributed by atoms with Gasteiger partial charge in [0.25, 0.3) is 7.59 Å². The highest BCUT2D eigenvalue weighted by atomic mass is 31.2. The molecule has 2 aliphatic heterocycles. The lowest BCUT2D eigenvalue weighted by atomic mass is 10.4. The molecule has 2 aliphatic rings. The smallest absolute Gasteiger partial charge is 0.287 e. The molecule has 0 aromatic rings. The van der Waals surface area contributed by atoms with Crippen LogP contribution in [0.5, 0.6) is 0 Å². The normalized spacial score (nSPS) is 23.9. The number of nitrogens with one attached hydrogen (secondary N) is 2. The monoisotopic (exact) mass is 289 g/mol. The molecule has 0 aliphatic carbocycles. The molecule has 7 heteroatoms. The first-order valence-electron chi connectivity index (χ1n) is 7.51. The van der Waals surface area contributed by atoms with Gasteiger partial charge in [0.15, 0.2) is 0 Å². The van der Waals surface area contributed by atoms with Crippen molar-refractivity contribution in [3.8, 4) is 0 Å². The van der Waals surface area contributed by atoms with E-state index in [4.69, 9.17) is 0 Å². The Morgan fingerprint density at radius 1 is 0.895 bits per heavy atom. The van der Waals surface area contributed by atoms with Crippen molar-refractivity contribution in [2.24, 2.45) is 0 Å². The predicted octanol–water partition coefficient (Wildman–Crippen LogP) is 0.247. The molecular weight excluding hydrogens is 261 g/mol. The van der Waals surface area contributed by atoms with E-state index >= 15 is 0 Å². The highest BCUT2D eigenvalue weighted by Crippen LogP contribution is 2.56. The largest absolute Gasteiger partial charge is 0.314 e. The van der Waals surface area contributed by atoms with Gasteiger partial charge in [0.1, 0.15) is 0 Å². The highest BCUT2D eigenvalue weighted by molar-refractivity contribution is 7.56. The Morgan fingerprint density at radius 3 is 1.58 bits per heavy atom. The summed E-state index contributed by atoms with van der Waals surface area (Å²) in [6.45, 7) is 13.2. The minimum Gasteiger partial charge on any atom is -0.314 e. The molecule has 0 spiro atoms. The fourth-order valence-electron chi connectivity index (χ4n) is 2.96. The Hall–Kier alpha value is 0.0300. The summed E-state index contributed by atoms with van der Waals surface area (Å²) in [5.74, 6) is 0. The first-order valence-corrected chi connectivity index (χ1v) is 9.07. The van der Waals surface area contributed by atoms with Crippen LogP contribution >= 0.6 is 7.59 Å². The molecule has 112 valence electrons. The van der Waals surface area contributed by atoms with E-state index in [9.17, 15) is 4.57 Å². The lowest BCUT2D eigenvalue weighted by Gasteiger charge is -2.47. The number of hydrogen-bond donors (Lipinski definition) is 2. The van der Waals surface area contributed by atoms with E-state index in [-0.39, 0.29) is 0 Å². The maximum absolute atomic E-state index is 13.8. The van der Waals surface area contributed by atoms with E-state index < -0.39 is 7.59 Å². The van der Waals surface area contributed by atoms with Gasteiger partial charge in [-0.15, -0.1) is 0 Å². The van der Waals surface area contributed by atoms with Crippen LogP contribution in [0.25, 0.3) is 0 Å². The van der Waals surface area contributed by atoms with Crippen molar-refractivity contribution in [2.75, 3.05) is 65.4 Å². The lowest BCUT2D eigenvalue weighted by Crippen LogP contribution is -2.52. The predicted molar refractivity (Wildman–Crippen MR) is 79.4 cm³/mol. The molecule has 6 nitrogen and oxygen atoms in total. The van der Waals surface area contributed by atoms with Crippen LogP contribution in [0.15, 0.2) is 0 Å². The van der Waals surface area contributed by atoms with Crippen molar-refractivity contribution in [1.29, 1.82) is 0 Å². The first kappa shape index (κ1) is 15.4. The van der Waals surface area contributed by atoms with E-state index in [1.807, 2.05) is 0 Å². The van der Waals surface area contributed by atoms with E-state index in [0.29, 0.717) is 0 Å². The zero-order chi connectivity index (χ0) is 13.7. The number of hydrogen-bond acceptors (Lipinski definition) is 3. The summed E-state index contributed by atoms with van der Waals surface area (Å²) >= 11 is 0. The van der Waals surface area contributed by atoms with E-state index in [0.717, 1.165) is 65.4 Å². The van der Waals surface area contributed by atoms with Crippen LogP contribution in [0.2, 0.25) is 0 Å². The average molecular weight is 289 g/mol. The van der Waals surface area contributed by atoms with Crippen LogP contribution in [0.4, 0.5) is 0 Å². The Morgan fingerprint density at radius 2 is 1.26 bits per heavy atom. The zero-order valence-corrected chi connectivity index (χ0v) is 13.2. The van der Waals surface area contributed by atoms with Crippen LogP contribution < -0.4 is 10.6 Å². The number of nitrogens with zero attached hydrogens (tertiary/aromatic N) is 3. The Labute approximate surface area is 117 Å². The van der Waals surface area contributed by atoms with Crippen LogP contribution in [0.1, 0.15) is 13.8 Å². The molecule has 0 aromatic heterocycles. The summed E-state index contributed by atoms with van der Waals surface area (Å²) in [6.07, 6.45) is 0. The third-order valence-corrected chi connectivity index (χ3v) is 7.60. The van der Waals surface area contributed by atoms with Crippen molar-refractivity contribution >= 4 is 7.59 Å². The molecule has 2 saturated heterocycles. The minimum absolute atomic E-state index is 0.849. The first-order chi connectivity index (χ1) is 9.23. The van der Waals surface area contributed by atoms with Gasteiger partial charge in [-0.3, -0.25) is 4.57 Å². The fraction of sp³-hybridized carbons (Fsp3) is 1.00. The van der Waals surface area contributed by atoms with Gasteiger partial charge in [0, 0.05) is 65.4 Å². The Balaban J connectivity index is 2.21. The van der Waals surface area contributed by atoms with Gasteiger partial charge in [-0.1, -0.05) is 13.8 Å². The van der Waals surface area contributed by atoms with Crippen molar-refractivity contribution < 1.29 is 4.57 Å². The van der Waals surface area contributed by atoms with Gasteiger partial charge < -0.3 is 10.6 Å². The molecule has 0 atom stereocenters. The molecule has 2 heterocycles. The molecule has 0 amide bonds. The Bertz CT molecular complexity index is 289. The molecule has 0 saturated carbocycles. The molecule has 0 bridgehead atoms. The number of rotatable bonds is 5. The molecule has 0 aromatic carbocycles. The maximum Gasteiger partial charge on any atom is 0.287 e. The standard InChI is InChI=1S/C12H28N5OP/c1-3-15(4-2)19(18,16-9-5-13-6-10-16)17-11-7-14-8-12-17/h13-14H,3-12H2,1-2H3. The average Bonchev–Trinajstić information content (AvgIpc) is 2.50. The Kier molecular flexibility index (Phi) is 5.81. The van der Waals surface area contributed by atoms with Crippen LogP contribution in [0.3, 0.4) is 0 Å². The zero-order valence-electron chi connectivity index (χ0n) is 12.3. The molecule has 2 rings (SSSR count). The van der Waals surface area contributed by atoms with Gasteiger partial charge in [0.2, 0.25) is 0 Å². The van der Waals surface area contributed by atoms with E-state index in [2.05, 4.69) is 38.5 Å². The van der Waals surface area contributed by atoms with Crippen LogP contribution in [-0.4, -0.2) is 79.5 Å². The summed E-state index contributed by atoms with van der Waals surface area (Å²) < 4.78 is 20.4. The molecule has 0 unspecified atom stereocenters. The van der Waals surface area contributed by atoms with E-state index in [1.165, 1.54) is 0 Å². The van der Waals surface area contributed by atoms with Gasteiger partial charge >= 0.3 is 0 Å². The van der Waals surface area contributed by atoms with Gasteiger partial charge in [-0.05, 0) is 0 Å². The van der Waals surface area contributed by atoms with Gasteiger partial charge in [0.05, 0.1) is 0 Å². The molecule has 2 N–H and O–H groups in total. The second kappa shape index (κ2) is 7.16. The maximum atomic E-state index is 13.8. The van der Waals surface area contributed by atoms with Crippen molar-refractivity contribution in [1.82, 2.24) is 24.6 Å². The molecule has 2 fully saturated rings. The summed E-state index contributed by atoms with van der Waals surface area (Å²) in [4.78, 5) is 0. The van der Waals surface area contributed by atoms with Crippen LogP contribution in [0, 0.1) is 0 Å². The van der Waals surface area contributed by atoms with Crippen molar-refractivity contribution in [2.45, 2.75) is 13.8 Å². The van der Waals surface area contributed by atoms with Crippen molar-refractivity contribution in [3.63, 3.8) is 0 Å². The number of piperazine rings is 2. The van der Waals surface area contributed by atoms with Gasteiger partial charge in [-0.2, -0.15) is 0 Å². The van der Waals surface area contributed by atoms with E-state index in [1.54, 1.807) is 0 Å². The molecule has 0 radical (unpaired) electrons. The minimum atomic E-state index is -2.56.